The van der Waals surface area contributed by atoms with Gasteiger partial charge in [0.25, 0.3) is 0 Å². The number of amides is 2. The molecule has 2 aromatic carbocycles. The van der Waals surface area contributed by atoms with Gasteiger partial charge in [0.1, 0.15) is 6.33 Å². The topological polar surface area (TPSA) is 80.1 Å². The molecule has 0 aliphatic carbocycles. The molecule has 1 N–H and O–H groups in total. The second kappa shape index (κ2) is 8.91. The standard InChI is InChI=1S/C21H21N5O2S/c27-19(23-16-8-10-18(11-9-16)25-13-4-7-20(25)28)12-14-29-21-24-22-15-26(21)17-5-2-1-3-6-17/h1-3,5-6,8-11,15H,4,7,12-14H2,(H,23,27). The maximum absolute atomic E-state index is 12.3. The van der Waals surface area contributed by atoms with Crippen molar-refractivity contribution < 1.29 is 9.59 Å². The number of thioether (sulfide) groups is 1. The van der Waals surface area contributed by atoms with Gasteiger partial charge in [-0.3, -0.25) is 14.2 Å². The molecule has 0 spiro atoms. The smallest absolute Gasteiger partial charge is 0.227 e. The Kier molecular flexibility index (Phi) is 5.90. The number of carbonyl (C=O) groups excluding carboxylic acids is 2. The molecule has 1 saturated heterocycles. The number of nitrogens with zero attached hydrogens (tertiary/aromatic N) is 4. The van der Waals surface area contributed by atoms with Gasteiger partial charge in [-0.2, -0.15) is 0 Å². The molecule has 0 saturated carbocycles. The third kappa shape index (κ3) is 4.65. The number of hydrogen-bond acceptors (Lipinski definition) is 5. The van der Waals surface area contributed by atoms with Crippen molar-refractivity contribution in [2.75, 3.05) is 22.5 Å². The molecule has 0 atom stereocenters. The van der Waals surface area contributed by atoms with Gasteiger partial charge in [-0.15, -0.1) is 10.2 Å². The highest BCUT2D eigenvalue weighted by molar-refractivity contribution is 7.99. The average molecular weight is 407 g/mol. The summed E-state index contributed by atoms with van der Waals surface area (Å²) in [6.07, 6.45) is 3.53. The fraction of sp³-hybridized carbons (Fsp3) is 0.238. The first kappa shape index (κ1) is 19.2. The SMILES string of the molecule is O=C(CCSc1nncn1-c1ccccc1)Nc1ccc(N2CCCC2=O)cc1. The van der Waals surface area contributed by atoms with Crippen LogP contribution in [0.15, 0.2) is 66.1 Å². The second-order valence-electron chi connectivity index (χ2n) is 6.66. The lowest BCUT2D eigenvalue weighted by atomic mass is 10.2. The van der Waals surface area contributed by atoms with E-state index in [1.165, 1.54) is 11.8 Å². The average Bonchev–Trinajstić information content (AvgIpc) is 3.38. The van der Waals surface area contributed by atoms with E-state index in [9.17, 15) is 9.59 Å². The first-order valence-electron chi connectivity index (χ1n) is 9.49. The summed E-state index contributed by atoms with van der Waals surface area (Å²) in [5.41, 5.74) is 2.59. The number of carbonyl (C=O) groups is 2. The van der Waals surface area contributed by atoms with Crippen molar-refractivity contribution in [3.05, 3.63) is 60.9 Å². The van der Waals surface area contributed by atoms with Crippen LogP contribution in [0.1, 0.15) is 19.3 Å². The van der Waals surface area contributed by atoms with E-state index in [-0.39, 0.29) is 11.8 Å². The van der Waals surface area contributed by atoms with Crippen LogP contribution in [0.2, 0.25) is 0 Å². The number of nitrogens with one attached hydrogen (secondary N) is 1. The second-order valence-corrected chi connectivity index (χ2v) is 7.72. The first-order chi connectivity index (χ1) is 14.2. The van der Waals surface area contributed by atoms with Crippen molar-refractivity contribution in [3.8, 4) is 5.69 Å². The van der Waals surface area contributed by atoms with Crippen molar-refractivity contribution in [3.63, 3.8) is 0 Å². The van der Waals surface area contributed by atoms with Gasteiger partial charge in [-0.25, -0.2) is 0 Å². The van der Waals surface area contributed by atoms with Crippen LogP contribution < -0.4 is 10.2 Å². The van der Waals surface area contributed by atoms with Gasteiger partial charge < -0.3 is 10.2 Å². The molecule has 4 rings (SSSR count). The van der Waals surface area contributed by atoms with Gasteiger partial charge in [-0.1, -0.05) is 30.0 Å². The van der Waals surface area contributed by atoms with Gasteiger partial charge in [0.2, 0.25) is 11.8 Å². The fourth-order valence-electron chi connectivity index (χ4n) is 3.19. The molecule has 7 nitrogen and oxygen atoms in total. The molecule has 2 heterocycles. The number of para-hydroxylation sites is 1. The summed E-state index contributed by atoms with van der Waals surface area (Å²) in [7, 11) is 0. The summed E-state index contributed by atoms with van der Waals surface area (Å²) >= 11 is 1.49. The molecule has 2 amide bonds. The van der Waals surface area contributed by atoms with Crippen LogP contribution in [0, 0.1) is 0 Å². The number of hydrogen-bond donors (Lipinski definition) is 1. The molecule has 1 aliphatic heterocycles. The molecule has 1 aliphatic rings. The molecule has 8 heteroatoms. The van der Waals surface area contributed by atoms with Crippen LogP contribution in [0.4, 0.5) is 11.4 Å². The maximum atomic E-state index is 12.3. The minimum absolute atomic E-state index is 0.0618. The van der Waals surface area contributed by atoms with Gasteiger partial charge in [0, 0.05) is 42.2 Å². The molecule has 29 heavy (non-hydrogen) atoms. The molecular formula is C21H21N5O2S. The number of rotatable bonds is 7. The molecule has 1 aromatic heterocycles. The van der Waals surface area contributed by atoms with Crippen LogP contribution in [0.25, 0.3) is 5.69 Å². The van der Waals surface area contributed by atoms with Gasteiger partial charge in [0.15, 0.2) is 5.16 Å². The van der Waals surface area contributed by atoms with Crippen LogP contribution in [-0.2, 0) is 9.59 Å². The zero-order chi connectivity index (χ0) is 20.1. The van der Waals surface area contributed by atoms with Crippen molar-refractivity contribution in [2.45, 2.75) is 24.4 Å². The lowest BCUT2D eigenvalue weighted by Gasteiger charge is -2.16. The Hall–Kier alpha value is -3.13. The summed E-state index contributed by atoms with van der Waals surface area (Å²) in [6, 6.07) is 17.3. The predicted octanol–water partition coefficient (Wildman–Crippen LogP) is 3.52. The van der Waals surface area contributed by atoms with Gasteiger partial charge in [0.05, 0.1) is 0 Å². The highest BCUT2D eigenvalue weighted by Gasteiger charge is 2.21. The lowest BCUT2D eigenvalue weighted by Crippen LogP contribution is -2.23. The third-order valence-corrected chi connectivity index (χ3v) is 5.59. The van der Waals surface area contributed by atoms with E-state index in [4.69, 9.17) is 0 Å². The Morgan fingerprint density at radius 1 is 1.07 bits per heavy atom. The zero-order valence-corrected chi connectivity index (χ0v) is 16.6. The molecular weight excluding hydrogens is 386 g/mol. The van der Waals surface area contributed by atoms with Crippen molar-refractivity contribution >= 4 is 35.0 Å². The number of aromatic nitrogens is 3. The fourth-order valence-corrected chi connectivity index (χ4v) is 4.06. The van der Waals surface area contributed by atoms with Gasteiger partial charge >= 0.3 is 0 Å². The van der Waals surface area contributed by atoms with Crippen LogP contribution in [0.3, 0.4) is 0 Å². The molecule has 0 bridgehead atoms. The summed E-state index contributed by atoms with van der Waals surface area (Å²) in [5, 5.41) is 11.8. The Bertz CT molecular complexity index is 988. The van der Waals surface area contributed by atoms with Crippen molar-refractivity contribution in [2.24, 2.45) is 0 Å². The Balaban J connectivity index is 1.28. The van der Waals surface area contributed by atoms with Crippen LogP contribution in [0.5, 0.6) is 0 Å². The van der Waals surface area contributed by atoms with E-state index in [0.717, 1.165) is 35.2 Å². The van der Waals surface area contributed by atoms with E-state index in [1.807, 2.05) is 59.2 Å². The normalized spacial score (nSPS) is 13.7. The Morgan fingerprint density at radius 2 is 1.86 bits per heavy atom. The lowest BCUT2D eigenvalue weighted by molar-refractivity contribution is -0.117. The summed E-state index contributed by atoms with van der Waals surface area (Å²) in [5.74, 6) is 0.688. The summed E-state index contributed by atoms with van der Waals surface area (Å²) in [4.78, 5) is 25.9. The number of anilines is 2. The number of benzene rings is 2. The maximum Gasteiger partial charge on any atom is 0.227 e. The van der Waals surface area contributed by atoms with E-state index in [0.29, 0.717) is 18.6 Å². The van der Waals surface area contributed by atoms with Crippen molar-refractivity contribution in [1.29, 1.82) is 0 Å². The van der Waals surface area contributed by atoms with Crippen LogP contribution in [-0.4, -0.2) is 38.9 Å². The van der Waals surface area contributed by atoms with E-state index < -0.39 is 0 Å². The minimum Gasteiger partial charge on any atom is -0.326 e. The molecule has 1 fully saturated rings. The van der Waals surface area contributed by atoms with Crippen LogP contribution >= 0.6 is 11.8 Å². The highest BCUT2D eigenvalue weighted by Crippen LogP contribution is 2.23. The largest absolute Gasteiger partial charge is 0.326 e. The Labute approximate surface area is 173 Å². The summed E-state index contributed by atoms with van der Waals surface area (Å²) in [6.45, 7) is 0.759. The minimum atomic E-state index is -0.0618. The molecule has 0 unspecified atom stereocenters. The summed E-state index contributed by atoms with van der Waals surface area (Å²) < 4.78 is 1.90. The van der Waals surface area contributed by atoms with Crippen molar-refractivity contribution in [1.82, 2.24) is 14.8 Å². The highest BCUT2D eigenvalue weighted by atomic mass is 32.2. The van der Waals surface area contributed by atoms with E-state index in [1.54, 1.807) is 11.2 Å². The third-order valence-electron chi connectivity index (χ3n) is 4.65. The van der Waals surface area contributed by atoms with E-state index in [2.05, 4.69) is 15.5 Å². The molecule has 3 aromatic rings. The quantitative estimate of drug-likeness (QED) is 0.606. The Morgan fingerprint density at radius 3 is 2.59 bits per heavy atom. The van der Waals surface area contributed by atoms with Gasteiger partial charge in [-0.05, 0) is 42.8 Å². The first-order valence-corrected chi connectivity index (χ1v) is 10.5. The zero-order valence-electron chi connectivity index (χ0n) is 15.8. The predicted molar refractivity (Wildman–Crippen MR) is 113 cm³/mol. The monoisotopic (exact) mass is 407 g/mol. The molecule has 0 radical (unpaired) electrons. The molecule has 148 valence electrons. The van der Waals surface area contributed by atoms with E-state index >= 15 is 0 Å².